The van der Waals surface area contributed by atoms with Crippen molar-refractivity contribution in [3.05, 3.63) is 0 Å². The summed E-state index contributed by atoms with van der Waals surface area (Å²) < 4.78 is 5.02. The number of likely N-dealkylation sites (N-methyl/N-ethyl adjacent to an activating group) is 1. The van der Waals surface area contributed by atoms with Gasteiger partial charge in [-0.1, -0.05) is 44.6 Å². The molecule has 0 bridgehead atoms. The lowest BCUT2D eigenvalue weighted by molar-refractivity contribution is 0.126. The van der Waals surface area contributed by atoms with Gasteiger partial charge in [-0.15, -0.1) is 0 Å². The van der Waals surface area contributed by atoms with Crippen LogP contribution in [-0.2, 0) is 4.74 Å². The van der Waals surface area contributed by atoms with Gasteiger partial charge in [0, 0.05) is 26.7 Å². The third-order valence-electron chi connectivity index (χ3n) is 2.52. The van der Waals surface area contributed by atoms with Gasteiger partial charge in [-0.05, 0) is 26.6 Å². The largest absolute Gasteiger partial charge is 0.395 e. The molecule has 0 unspecified atom stereocenters. The molecule has 0 spiro atoms. The quantitative estimate of drug-likeness (QED) is 0.610. The van der Waals surface area contributed by atoms with Gasteiger partial charge in [0.15, 0.2) is 0 Å². The van der Waals surface area contributed by atoms with E-state index in [0.717, 1.165) is 32.6 Å². The van der Waals surface area contributed by atoms with Crippen LogP contribution in [0.25, 0.3) is 0 Å². The Morgan fingerprint density at radius 1 is 0.727 bits per heavy atom. The first-order chi connectivity index (χ1) is 7.74. The maximum absolute atomic E-state index is 8.90. The minimum absolute atomic E-state index is 0. The lowest BCUT2D eigenvalue weighted by Gasteiger charge is -2.22. The van der Waals surface area contributed by atoms with E-state index in [-0.39, 0.29) is 57.8 Å². The molecule has 0 aromatic rings. The van der Waals surface area contributed by atoms with Gasteiger partial charge in [-0.25, -0.2) is 0 Å². The smallest absolute Gasteiger partial charge is 0.0589 e. The second kappa shape index (κ2) is 32.7. The third kappa shape index (κ3) is 28.0. The zero-order chi connectivity index (χ0) is 12.2. The van der Waals surface area contributed by atoms with E-state index < -0.39 is 0 Å². The molecule has 2 N–H and O–H groups in total. The zero-order valence-corrected chi connectivity index (χ0v) is 10.6. The highest BCUT2D eigenvalue weighted by molar-refractivity contribution is 4.59. The third-order valence-corrected chi connectivity index (χ3v) is 2.52. The van der Waals surface area contributed by atoms with Crippen LogP contribution in [0.1, 0.15) is 51.0 Å². The maximum atomic E-state index is 8.90. The average Bonchev–Trinajstić information content (AvgIpc) is 2.26. The van der Waals surface area contributed by atoms with Crippen molar-refractivity contribution in [1.29, 1.82) is 0 Å². The Kier molecular flexibility index (Phi) is 63.9. The molecule has 0 aliphatic carbocycles. The number of hydrogen-bond acceptors (Lipinski definition) is 5. The monoisotopic (exact) mass is 330 g/mol. The van der Waals surface area contributed by atoms with Crippen molar-refractivity contribution >= 4 is 0 Å². The van der Waals surface area contributed by atoms with E-state index in [0.29, 0.717) is 13.2 Å². The summed E-state index contributed by atoms with van der Waals surface area (Å²) in [7, 11) is 3.69. The molecule has 5 nitrogen and oxygen atoms in total. The molecular weight excluding hydrogens is 280 g/mol. The van der Waals surface area contributed by atoms with Crippen molar-refractivity contribution in [3.8, 4) is 0 Å². The predicted octanol–water partition coefficient (Wildman–Crippen LogP) is 3.06. The number of aliphatic hydroxyl groups is 2. The molecule has 0 aliphatic heterocycles. The fourth-order valence-electron chi connectivity index (χ4n) is 1.54. The van der Waals surface area contributed by atoms with Crippen LogP contribution in [0.3, 0.4) is 0 Å². The van der Waals surface area contributed by atoms with Crippen LogP contribution in [0.2, 0.25) is 0 Å². The summed E-state index contributed by atoms with van der Waals surface area (Å²) in [5.74, 6) is 0. The van der Waals surface area contributed by atoms with Crippen LogP contribution >= 0.6 is 0 Å². The molecule has 0 saturated heterocycles. The SMILES string of the molecule is C.C.C.C.C.C.COCCN(CCO)CCCN(C)CCO. The summed E-state index contributed by atoms with van der Waals surface area (Å²) in [4.78, 5) is 4.30. The second-order valence-electron chi connectivity index (χ2n) is 3.94. The lowest BCUT2D eigenvalue weighted by atomic mass is 10.3. The van der Waals surface area contributed by atoms with Gasteiger partial charge >= 0.3 is 0 Å². The predicted molar refractivity (Wildman–Crippen MR) is 105 cm³/mol. The lowest BCUT2D eigenvalue weighted by Crippen LogP contribution is -2.33. The summed E-state index contributed by atoms with van der Waals surface area (Å²) >= 11 is 0. The maximum Gasteiger partial charge on any atom is 0.0589 e. The summed E-state index contributed by atoms with van der Waals surface area (Å²) in [5.41, 5.74) is 0. The van der Waals surface area contributed by atoms with Crippen LogP contribution in [0, 0.1) is 0 Å². The van der Waals surface area contributed by atoms with Crippen molar-refractivity contribution in [2.24, 2.45) is 0 Å². The first-order valence-corrected chi connectivity index (χ1v) is 5.86. The molecule has 0 aliphatic rings. The molecule has 0 saturated carbocycles. The molecule has 0 aromatic carbocycles. The van der Waals surface area contributed by atoms with Crippen LogP contribution in [0.15, 0.2) is 0 Å². The Bertz CT molecular complexity index is 150. The number of aliphatic hydroxyl groups excluding tert-OH is 2. The highest BCUT2D eigenvalue weighted by Crippen LogP contribution is 1.94. The number of rotatable bonds is 11. The molecule has 0 rings (SSSR count). The first kappa shape index (κ1) is 43.1. The van der Waals surface area contributed by atoms with Crippen molar-refractivity contribution < 1.29 is 14.9 Å². The van der Waals surface area contributed by atoms with Crippen molar-refractivity contribution in [2.45, 2.75) is 51.0 Å². The van der Waals surface area contributed by atoms with E-state index in [9.17, 15) is 0 Å². The van der Waals surface area contributed by atoms with E-state index in [2.05, 4.69) is 9.80 Å². The van der Waals surface area contributed by atoms with Gasteiger partial charge in [0.25, 0.3) is 0 Å². The van der Waals surface area contributed by atoms with Crippen molar-refractivity contribution in [3.63, 3.8) is 0 Å². The molecule has 0 amide bonds. The van der Waals surface area contributed by atoms with Crippen LogP contribution in [0.4, 0.5) is 0 Å². The topological polar surface area (TPSA) is 56.2 Å². The number of ether oxygens (including phenoxy) is 1. The minimum Gasteiger partial charge on any atom is -0.395 e. The Morgan fingerprint density at radius 2 is 1.23 bits per heavy atom. The molecule has 22 heavy (non-hydrogen) atoms. The van der Waals surface area contributed by atoms with Crippen LogP contribution in [0.5, 0.6) is 0 Å². The molecule has 0 fully saturated rings. The second-order valence-corrected chi connectivity index (χ2v) is 3.94. The van der Waals surface area contributed by atoms with E-state index in [1.165, 1.54) is 0 Å². The van der Waals surface area contributed by atoms with Gasteiger partial charge in [-0.3, -0.25) is 4.90 Å². The fraction of sp³-hybridized carbons (Fsp3) is 1.00. The highest BCUT2D eigenvalue weighted by Gasteiger charge is 2.04. The Morgan fingerprint density at radius 3 is 1.64 bits per heavy atom. The fourth-order valence-corrected chi connectivity index (χ4v) is 1.54. The van der Waals surface area contributed by atoms with Gasteiger partial charge < -0.3 is 19.8 Å². The molecule has 0 aromatic heterocycles. The van der Waals surface area contributed by atoms with E-state index >= 15 is 0 Å². The number of nitrogens with zero attached hydrogens (tertiary/aromatic N) is 2. The van der Waals surface area contributed by atoms with Gasteiger partial charge in [0.2, 0.25) is 0 Å². The Hall–Kier alpha value is -0.200. The molecule has 146 valence electrons. The van der Waals surface area contributed by atoms with Crippen molar-refractivity contribution in [1.82, 2.24) is 9.80 Å². The Labute approximate surface area is 143 Å². The number of methoxy groups -OCH3 is 1. The Balaban J connectivity index is -0.0000000750. The summed E-state index contributed by atoms with van der Waals surface area (Å²) in [6.45, 7) is 5.31. The van der Waals surface area contributed by atoms with Gasteiger partial charge in [-0.2, -0.15) is 0 Å². The van der Waals surface area contributed by atoms with E-state index in [4.69, 9.17) is 14.9 Å². The zero-order valence-electron chi connectivity index (χ0n) is 10.6. The van der Waals surface area contributed by atoms with Crippen LogP contribution < -0.4 is 0 Å². The molecule has 5 heteroatoms. The summed E-state index contributed by atoms with van der Waals surface area (Å²) in [6.07, 6.45) is 1.04. The van der Waals surface area contributed by atoms with Crippen LogP contribution in [-0.4, -0.2) is 86.7 Å². The highest BCUT2D eigenvalue weighted by atomic mass is 16.5. The van der Waals surface area contributed by atoms with Gasteiger partial charge in [0.1, 0.15) is 0 Å². The minimum atomic E-state index is 0. The first-order valence-electron chi connectivity index (χ1n) is 5.86. The van der Waals surface area contributed by atoms with E-state index in [1.54, 1.807) is 7.11 Å². The summed E-state index contributed by atoms with van der Waals surface area (Å²) in [5, 5.41) is 17.6. The molecule has 0 heterocycles. The standard InChI is InChI=1S/C11H26N2O3.6CH4/c1-12(6-9-14)4-3-5-13(7-10-15)8-11-16-2;;;;;;/h14-15H,3-11H2,1-2H3;6*1H4. The van der Waals surface area contributed by atoms with E-state index in [1.807, 2.05) is 7.05 Å². The van der Waals surface area contributed by atoms with Gasteiger partial charge in [0.05, 0.1) is 19.8 Å². The molecule has 0 atom stereocenters. The molecule has 0 radical (unpaired) electrons. The average molecular weight is 331 g/mol. The summed E-state index contributed by atoms with van der Waals surface area (Å²) in [6, 6.07) is 0. The molecular formula is C17H50N2O3. The van der Waals surface area contributed by atoms with Crippen molar-refractivity contribution in [2.75, 3.05) is 66.7 Å². The number of hydrogen-bond donors (Lipinski definition) is 2. The normalized spacial score (nSPS) is 8.45.